The van der Waals surface area contributed by atoms with E-state index < -0.39 is 22.8 Å². The van der Waals surface area contributed by atoms with E-state index >= 15 is 4.39 Å². The molecule has 1 aromatic heterocycles. The Hall–Kier alpha value is -3.11. The molecule has 1 aliphatic carbocycles. The lowest BCUT2D eigenvalue weighted by molar-refractivity contribution is -0.119. The maximum Gasteiger partial charge on any atom is 0.341 e. The van der Waals surface area contributed by atoms with Gasteiger partial charge in [0.15, 0.2) is 11.6 Å². The molecule has 2 aromatic rings. The van der Waals surface area contributed by atoms with Crippen LogP contribution in [0.5, 0.6) is 5.75 Å². The van der Waals surface area contributed by atoms with Crippen molar-refractivity contribution >= 4 is 40.1 Å². The Bertz CT molecular complexity index is 1240. The first-order chi connectivity index (χ1) is 16.3. The van der Waals surface area contributed by atoms with Gasteiger partial charge in [-0.1, -0.05) is 17.2 Å². The summed E-state index contributed by atoms with van der Waals surface area (Å²) >= 11 is 6.36. The summed E-state index contributed by atoms with van der Waals surface area (Å²) in [6, 6.07) is 1.15. The number of aromatic carboxylic acids is 1. The fourth-order valence-electron chi connectivity index (χ4n) is 4.37. The molecule has 9 nitrogen and oxygen atoms in total. The number of carboxylic acid groups (broad SMARTS) is 1. The third kappa shape index (κ3) is 4.47. The predicted molar refractivity (Wildman–Crippen MR) is 126 cm³/mol. The summed E-state index contributed by atoms with van der Waals surface area (Å²) in [5, 5.41) is 12.6. The second kappa shape index (κ2) is 9.63. The second-order valence-electron chi connectivity index (χ2n) is 8.43. The van der Waals surface area contributed by atoms with Crippen LogP contribution in [0.1, 0.15) is 42.1 Å². The minimum atomic E-state index is -1.35. The van der Waals surface area contributed by atoms with Gasteiger partial charge in [0.25, 0.3) is 0 Å². The van der Waals surface area contributed by atoms with Crippen molar-refractivity contribution in [2.24, 2.45) is 5.73 Å². The van der Waals surface area contributed by atoms with E-state index in [1.165, 1.54) is 13.3 Å². The van der Waals surface area contributed by atoms with Crippen LogP contribution < -0.4 is 26.1 Å². The number of hydrogen-bond acceptors (Lipinski definition) is 6. The average molecular weight is 493 g/mol. The average Bonchev–Trinajstić information content (AvgIpc) is 3.67. The van der Waals surface area contributed by atoms with Gasteiger partial charge in [-0.05, 0) is 31.7 Å². The Morgan fingerprint density at radius 1 is 1.32 bits per heavy atom. The lowest BCUT2D eigenvalue weighted by atomic mass is 10.0. The number of halogens is 2. The van der Waals surface area contributed by atoms with Crippen LogP contribution in [0.15, 0.2) is 27.7 Å². The van der Waals surface area contributed by atoms with E-state index in [0.717, 1.165) is 24.5 Å². The Labute approximate surface area is 199 Å². The smallest absolute Gasteiger partial charge is 0.341 e. The standard InChI is InChI=1S/C23H26ClFN4O5/c1-34-22-19-14(21(31)15(23(32)33)11-29(19)13-2-3-13)8-17(25)20(22)28-6-4-12(5-7-28)16(24)10-27-18(30)9-26/h8,11,13H,2-7,9-10,26H2,1H3,(H,27,30)(H,32,33). The maximum absolute atomic E-state index is 15.4. The molecule has 1 saturated carbocycles. The Balaban J connectivity index is 1.72. The van der Waals surface area contributed by atoms with Crippen molar-refractivity contribution in [3.05, 3.63) is 44.5 Å². The monoisotopic (exact) mass is 492 g/mol. The summed E-state index contributed by atoms with van der Waals surface area (Å²) in [5.74, 6) is -2.09. The van der Waals surface area contributed by atoms with E-state index in [4.69, 9.17) is 22.1 Å². The van der Waals surface area contributed by atoms with Crippen LogP contribution in [0.2, 0.25) is 0 Å². The number of aromatic nitrogens is 1. The zero-order valence-electron chi connectivity index (χ0n) is 18.7. The molecule has 2 heterocycles. The van der Waals surface area contributed by atoms with Gasteiger partial charge in [-0.2, -0.15) is 0 Å². The van der Waals surface area contributed by atoms with Crippen molar-refractivity contribution in [3.63, 3.8) is 0 Å². The molecule has 0 radical (unpaired) electrons. The number of nitrogens with zero attached hydrogens (tertiary/aromatic N) is 2. The predicted octanol–water partition coefficient (Wildman–Crippen LogP) is 2.35. The summed E-state index contributed by atoms with van der Waals surface area (Å²) < 4.78 is 22.8. The van der Waals surface area contributed by atoms with Gasteiger partial charge < -0.3 is 30.4 Å². The Kier molecular flexibility index (Phi) is 6.81. The van der Waals surface area contributed by atoms with Crippen LogP contribution in [0, 0.1) is 5.82 Å². The molecule has 2 fully saturated rings. The summed E-state index contributed by atoms with van der Waals surface area (Å²) in [5.41, 5.74) is 5.77. The Morgan fingerprint density at radius 3 is 2.56 bits per heavy atom. The molecule has 0 unspecified atom stereocenters. The zero-order chi connectivity index (χ0) is 24.6. The molecule has 1 aromatic carbocycles. The molecule has 0 atom stereocenters. The van der Waals surface area contributed by atoms with Gasteiger partial charge in [-0.15, -0.1) is 0 Å². The molecule has 0 spiro atoms. The number of nitrogens with one attached hydrogen (secondary N) is 1. The van der Waals surface area contributed by atoms with Crippen molar-refractivity contribution in [1.29, 1.82) is 0 Å². The topological polar surface area (TPSA) is 127 Å². The van der Waals surface area contributed by atoms with Gasteiger partial charge in [0, 0.05) is 30.4 Å². The van der Waals surface area contributed by atoms with Crippen molar-refractivity contribution in [3.8, 4) is 5.75 Å². The molecule has 4 N–H and O–H groups in total. The van der Waals surface area contributed by atoms with Gasteiger partial charge in [0.1, 0.15) is 11.3 Å². The van der Waals surface area contributed by atoms with Crippen molar-refractivity contribution < 1.29 is 23.8 Å². The second-order valence-corrected chi connectivity index (χ2v) is 8.88. The van der Waals surface area contributed by atoms with Crippen LogP contribution in [0.4, 0.5) is 10.1 Å². The van der Waals surface area contributed by atoms with E-state index in [2.05, 4.69) is 5.32 Å². The van der Waals surface area contributed by atoms with Crippen molar-refractivity contribution in [1.82, 2.24) is 9.88 Å². The highest BCUT2D eigenvalue weighted by Gasteiger charge is 2.32. The zero-order valence-corrected chi connectivity index (χ0v) is 19.5. The van der Waals surface area contributed by atoms with Crippen molar-refractivity contribution in [2.75, 3.05) is 38.2 Å². The third-order valence-corrected chi connectivity index (χ3v) is 6.67. The molecule has 4 rings (SSSR count). The third-order valence-electron chi connectivity index (χ3n) is 6.27. The number of amides is 1. The van der Waals surface area contributed by atoms with Gasteiger partial charge in [0.2, 0.25) is 11.3 Å². The molecule has 2 aliphatic rings. The quantitative estimate of drug-likeness (QED) is 0.541. The number of nitrogens with two attached hydrogens (primary N) is 1. The number of piperidine rings is 1. The molecule has 34 heavy (non-hydrogen) atoms. The highest BCUT2D eigenvalue weighted by atomic mass is 35.5. The summed E-state index contributed by atoms with van der Waals surface area (Å²) in [6.07, 6.45) is 4.13. The fourth-order valence-corrected chi connectivity index (χ4v) is 4.62. The lowest BCUT2D eigenvalue weighted by Gasteiger charge is -2.33. The number of benzene rings is 1. The highest BCUT2D eigenvalue weighted by molar-refractivity contribution is 6.30. The molecular weight excluding hydrogens is 467 g/mol. The summed E-state index contributed by atoms with van der Waals surface area (Å²) in [4.78, 5) is 37.7. The van der Waals surface area contributed by atoms with Crippen LogP contribution in [-0.2, 0) is 4.79 Å². The number of methoxy groups -OCH3 is 1. The van der Waals surface area contributed by atoms with Gasteiger partial charge in [-0.3, -0.25) is 9.59 Å². The summed E-state index contributed by atoms with van der Waals surface area (Å²) in [7, 11) is 1.41. The van der Waals surface area contributed by atoms with E-state index in [1.54, 1.807) is 4.57 Å². The van der Waals surface area contributed by atoms with Crippen LogP contribution in [0.25, 0.3) is 10.9 Å². The number of fused-ring (bicyclic) bond motifs is 1. The van der Waals surface area contributed by atoms with E-state index in [0.29, 0.717) is 36.5 Å². The van der Waals surface area contributed by atoms with Crippen LogP contribution in [-0.4, -0.2) is 54.8 Å². The summed E-state index contributed by atoms with van der Waals surface area (Å²) in [6.45, 7) is 0.987. The molecule has 1 aliphatic heterocycles. The first-order valence-corrected chi connectivity index (χ1v) is 11.4. The minimum absolute atomic E-state index is 0.0128. The largest absolute Gasteiger partial charge is 0.492 e. The Morgan fingerprint density at radius 2 is 2.00 bits per heavy atom. The van der Waals surface area contributed by atoms with Crippen LogP contribution in [0.3, 0.4) is 0 Å². The fraction of sp³-hybridized carbons (Fsp3) is 0.435. The SMILES string of the molecule is COc1c(N2CCC(=C(Cl)CNC(=O)CN)CC2)c(F)cc2c(=O)c(C(=O)O)cn(C3CC3)c12. The number of carbonyl (C=O) groups is 2. The van der Waals surface area contributed by atoms with Gasteiger partial charge in [0.05, 0.1) is 31.1 Å². The number of rotatable bonds is 7. The molecule has 182 valence electrons. The van der Waals surface area contributed by atoms with E-state index in [1.807, 2.05) is 4.90 Å². The molecule has 1 amide bonds. The van der Waals surface area contributed by atoms with Crippen molar-refractivity contribution in [2.45, 2.75) is 31.7 Å². The van der Waals surface area contributed by atoms with E-state index in [9.17, 15) is 19.5 Å². The lowest BCUT2D eigenvalue weighted by Crippen LogP contribution is -2.34. The highest BCUT2D eigenvalue weighted by Crippen LogP contribution is 2.44. The number of carbonyl (C=O) groups excluding carboxylic acids is 1. The number of anilines is 1. The van der Waals surface area contributed by atoms with Crippen LogP contribution >= 0.6 is 11.6 Å². The van der Waals surface area contributed by atoms with Gasteiger partial charge >= 0.3 is 5.97 Å². The van der Waals surface area contributed by atoms with Gasteiger partial charge in [-0.25, -0.2) is 9.18 Å². The normalized spacial score (nSPS) is 16.0. The number of carboxylic acids is 1. The number of hydrogen-bond donors (Lipinski definition) is 3. The first kappa shape index (κ1) is 24.0. The number of pyridine rings is 1. The maximum atomic E-state index is 15.4. The first-order valence-electron chi connectivity index (χ1n) is 11.0. The molecule has 1 saturated heterocycles. The number of ether oxygens (including phenoxy) is 1. The minimum Gasteiger partial charge on any atom is -0.492 e. The molecular formula is C23H26ClFN4O5. The molecule has 11 heteroatoms. The van der Waals surface area contributed by atoms with E-state index in [-0.39, 0.29) is 41.9 Å². The molecule has 0 bridgehead atoms.